The molecule has 5 rings (SSSR count). The Hall–Kier alpha value is -3.31. The van der Waals surface area contributed by atoms with E-state index in [-0.39, 0.29) is 52.4 Å². The monoisotopic (exact) mass is 543 g/mol. The van der Waals surface area contributed by atoms with Crippen LogP contribution in [0.15, 0.2) is 24.3 Å². The molecule has 39 heavy (non-hydrogen) atoms. The maximum absolute atomic E-state index is 13.1. The minimum atomic E-state index is -0.640. The lowest BCUT2D eigenvalue weighted by Gasteiger charge is -2.33. The molecule has 0 aromatic heterocycles. The number of rotatable bonds is 2. The number of hydrogen-bond acceptors (Lipinski definition) is 10. The number of ketones is 2. The number of carbonyl (C=O) groups excluding carboxylic acids is 3. The third kappa shape index (κ3) is 6.14. The van der Waals surface area contributed by atoms with Crippen LogP contribution in [-0.4, -0.2) is 78.2 Å². The zero-order valence-electron chi connectivity index (χ0n) is 22.7. The molecular weight excluding hydrogens is 506 g/mol. The number of ether oxygens (including phenoxy) is 2. The molecule has 10 nitrogen and oxygen atoms in total. The van der Waals surface area contributed by atoms with Crippen LogP contribution in [0.4, 0.5) is 0 Å². The molecule has 3 aliphatic rings. The number of methoxy groups -OCH3 is 1. The number of aromatic hydroxyl groups is 2. The number of benzene rings is 2. The first-order chi connectivity index (χ1) is 18.6. The number of fused-ring (bicyclic) bond motifs is 3. The lowest BCUT2D eigenvalue weighted by atomic mass is 9.70. The van der Waals surface area contributed by atoms with Crippen molar-refractivity contribution in [2.45, 2.75) is 57.3 Å². The number of phenolic OH excluding ortho intramolecular Hbond substituents is 2. The zero-order valence-corrected chi connectivity index (χ0v) is 22.7. The summed E-state index contributed by atoms with van der Waals surface area (Å²) in [6, 6.07) is 5.86. The molecule has 3 unspecified atom stereocenters. The number of phenols is 2. The molecular formula is C29H37NO9. The summed E-state index contributed by atoms with van der Waals surface area (Å²) >= 11 is 0. The molecule has 5 N–H and O–H groups in total. The lowest BCUT2D eigenvalue weighted by Crippen LogP contribution is -2.30. The third-order valence-electron chi connectivity index (χ3n) is 7.21. The number of hydrogen-bond donors (Lipinski definition) is 5. The Labute approximate surface area is 227 Å². The Kier molecular flexibility index (Phi) is 10.2. The van der Waals surface area contributed by atoms with Crippen molar-refractivity contribution in [2.75, 3.05) is 27.8 Å². The number of aliphatic hydroxyl groups excluding tert-OH is 2. The fourth-order valence-corrected chi connectivity index (χ4v) is 5.28. The van der Waals surface area contributed by atoms with E-state index in [0.29, 0.717) is 36.8 Å². The van der Waals surface area contributed by atoms with Gasteiger partial charge in [-0.1, -0.05) is 25.5 Å². The first-order valence-electron chi connectivity index (χ1n) is 13.0. The SMILES string of the molecule is CC[C@H]1CCc2c(cc3c(c2O)C(=O)c2c(O)cccc2C3=O)C1C(=O)OC.CNC.OC1CCC(O)OC1. The van der Waals surface area contributed by atoms with Gasteiger partial charge in [-0.3, -0.25) is 14.4 Å². The van der Waals surface area contributed by atoms with E-state index < -0.39 is 29.7 Å². The van der Waals surface area contributed by atoms with Gasteiger partial charge in [0.2, 0.25) is 5.78 Å². The predicted molar refractivity (Wildman–Crippen MR) is 142 cm³/mol. The quantitative estimate of drug-likeness (QED) is 0.303. The van der Waals surface area contributed by atoms with Gasteiger partial charge in [-0.2, -0.15) is 0 Å². The summed E-state index contributed by atoms with van der Waals surface area (Å²) in [6.45, 7) is 2.26. The highest BCUT2D eigenvalue weighted by Crippen LogP contribution is 2.47. The van der Waals surface area contributed by atoms with Gasteiger partial charge in [-0.15, -0.1) is 0 Å². The van der Waals surface area contributed by atoms with Crippen LogP contribution in [0, 0.1) is 5.92 Å². The third-order valence-corrected chi connectivity index (χ3v) is 7.21. The van der Waals surface area contributed by atoms with Gasteiger partial charge < -0.3 is 35.2 Å². The second-order valence-electron chi connectivity index (χ2n) is 9.80. The van der Waals surface area contributed by atoms with Gasteiger partial charge in [-0.25, -0.2) is 0 Å². The maximum Gasteiger partial charge on any atom is 0.313 e. The molecule has 0 radical (unpaired) electrons. The number of esters is 1. The maximum atomic E-state index is 13.1. The molecule has 0 spiro atoms. The molecule has 1 aliphatic heterocycles. The lowest BCUT2D eigenvalue weighted by molar-refractivity contribution is -0.155. The van der Waals surface area contributed by atoms with Crippen molar-refractivity contribution in [1.82, 2.24) is 5.32 Å². The summed E-state index contributed by atoms with van der Waals surface area (Å²) < 4.78 is 9.67. The van der Waals surface area contributed by atoms with Gasteiger partial charge in [-0.05, 0) is 62.5 Å². The van der Waals surface area contributed by atoms with E-state index in [1.54, 1.807) is 6.07 Å². The smallest absolute Gasteiger partial charge is 0.313 e. The normalized spacial score (nSPS) is 23.1. The molecule has 1 saturated heterocycles. The largest absolute Gasteiger partial charge is 0.507 e. The van der Waals surface area contributed by atoms with Crippen LogP contribution in [0.5, 0.6) is 11.5 Å². The molecule has 2 aliphatic carbocycles. The summed E-state index contributed by atoms with van der Waals surface area (Å²) in [5.74, 6) is -2.59. The van der Waals surface area contributed by atoms with E-state index in [4.69, 9.17) is 19.7 Å². The molecule has 10 heteroatoms. The Morgan fingerprint density at radius 2 is 1.74 bits per heavy atom. The van der Waals surface area contributed by atoms with Crippen molar-refractivity contribution < 1.29 is 44.3 Å². The van der Waals surface area contributed by atoms with Crippen molar-refractivity contribution in [3.05, 3.63) is 57.6 Å². The average molecular weight is 544 g/mol. The zero-order chi connectivity index (χ0) is 28.9. The second kappa shape index (κ2) is 13.2. The number of carbonyl (C=O) groups is 3. The molecule has 1 fully saturated rings. The van der Waals surface area contributed by atoms with Crippen molar-refractivity contribution in [1.29, 1.82) is 0 Å². The van der Waals surface area contributed by atoms with E-state index in [2.05, 4.69) is 5.32 Å². The summed E-state index contributed by atoms with van der Waals surface area (Å²) in [7, 11) is 5.06. The number of aliphatic hydroxyl groups is 2. The molecule has 0 amide bonds. The van der Waals surface area contributed by atoms with Gasteiger partial charge >= 0.3 is 5.97 Å². The highest BCUT2D eigenvalue weighted by molar-refractivity contribution is 6.30. The summed E-state index contributed by atoms with van der Waals surface area (Å²) in [5, 5.41) is 41.2. The molecule has 0 saturated carbocycles. The van der Waals surface area contributed by atoms with Crippen LogP contribution in [0.1, 0.15) is 81.5 Å². The topological polar surface area (TPSA) is 163 Å². The number of nitrogens with one attached hydrogen (secondary N) is 1. The molecule has 4 atom stereocenters. The minimum Gasteiger partial charge on any atom is -0.507 e. The standard InChI is InChI=1S/C22H20O6.C5H10O3.C2H7N/c1-3-10-7-8-11-13(16(10)22(27)28-2)9-14-18(20(11)25)21(26)17-12(19(14)24)5-4-6-15(17)23;6-4-1-2-5(7)8-3-4;1-3-2/h4-6,9-10,16,23,25H,3,7-8H2,1-2H3;4-7H,1-3H2;3H,1-2H3/t10-,16?;;/m0../s1. The van der Waals surface area contributed by atoms with Gasteiger partial charge in [0, 0.05) is 17.5 Å². The summed E-state index contributed by atoms with van der Waals surface area (Å²) in [6.07, 6.45) is 2.12. The molecule has 2 aromatic carbocycles. The van der Waals surface area contributed by atoms with Crippen LogP contribution in [0.2, 0.25) is 0 Å². The van der Waals surface area contributed by atoms with E-state index >= 15 is 0 Å². The molecule has 2 aromatic rings. The van der Waals surface area contributed by atoms with Crippen LogP contribution in [0.3, 0.4) is 0 Å². The fourth-order valence-electron chi connectivity index (χ4n) is 5.28. The van der Waals surface area contributed by atoms with Gasteiger partial charge in [0.05, 0.1) is 36.9 Å². The second-order valence-corrected chi connectivity index (χ2v) is 9.80. The molecule has 0 bridgehead atoms. The first kappa shape index (κ1) is 30.2. The van der Waals surface area contributed by atoms with Crippen molar-refractivity contribution in [2.24, 2.45) is 5.92 Å². The van der Waals surface area contributed by atoms with Crippen molar-refractivity contribution in [3.63, 3.8) is 0 Å². The van der Waals surface area contributed by atoms with Gasteiger partial charge in [0.25, 0.3) is 0 Å². The van der Waals surface area contributed by atoms with Crippen LogP contribution >= 0.6 is 0 Å². The highest BCUT2D eigenvalue weighted by Gasteiger charge is 2.41. The van der Waals surface area contributed by atoms with E-state index in [0.717, 1.165) is 6.42 Å². The van der Waals surface area contributed by atoms with Crippen LogP contribution in [0.25, 0.3) is 0 Å². The summed E-state index contributed by atoms with van der Waals surface area (Å²) in [5.41, 5.74) is 1.00. The van der Waals surface area contributed by atoms with Crippen LogP contribution < -0.4 is 5.32 Å². The van der Waals surface area contributed by atoms with E-state index in [1.807, 2.05) is 21.0 Å². The Bertz CT molecular complexity index is 1210. The van der Waals surface area contributed by atoms with Crippen LogP contribution in [-0.2, 0) is 20.7 Å². The fraction of sp³-hybridized carbons (Fsp3) is 0.483. The molecule has 1 heterocycles. The van der Waals surface area contributed by atoms with Crippen molar-refractivity contribution in [3.8, 4) is 11.5 Å². The van der Waals surface area contributed by atoms with E-state index in [1.165, 1.54) is 25.3 Å². The van der Waals surface area contributed by atoms with Crippen molar-refractivity contribution >= 4 is 17.5 Å². The first-order valence-corrected chi connectivity index (χ1v) is 13.0. The van der Waals surface area contributed by atoms with E-state index in [9.17, 15) is 24.6 Å². The average Bonchev–Trinajstić information content (AvgIpc) is 2.92. The highest BCUT2D eigenvalue weighted by atomic mass is 16.6. The van der Waals surface area contributed by atoms with Gasteiger partial charge in [0.1, 0.15) is 11.5 Å². The Morgan fingerprint density at radius 1 is 1.05 bits per heavy atom. The molecule has 212 valence electrons. The Morgan fingerprint density at radius 3 is 2.31 bits per heavy atom. The predicted octanol–water partition coefficient (Wildman–Crippen LogP) is 2.41. The minimum absolute atomic E-state index is 0.0307. The van der Waals surface area contributed by atoms with Gasteiger partial charge in [0.15, 0.2) is 12.1 Å². The summed E-state index contributed by atoms with van der Waals surface area (Å²) in [4.78, 5) is 38.5. The Balaban J connectivity index is 0.000000321.